The number of fused-ring (bicyclic) bond motifs is 1. The van der Waals surface area contributed by atoms with Gasteiger partial charge in [0.1, 0.15) is 6.33 Å². The van der Waals surface area contributed by atoms with Crippen molar-refractivity contribution in [2.24, 2.45) is 0 Å². The zero-order chi connectivity index (χ0) is 16.6. The molecule has 1 aliphatic heterocycles. The van der Waals surface area contributed by atoms with Gasteiger partial charge in [0.2, 0.25) is 5.75 Å². The SMILES string of the molecule is CC1(C)Oc2c(ncnc2Nc2cccc([N+](=O)[O-])c2)NC1=O. The summed E-state index contributed by atoms with van der Waals surface area (Å²) in [4.78, 5) is 30.3. The third-order valence-electron chi connectivity index (χ3n) is 3.26. The molecule has 118 valence electrons. The first-order valence-electron chi connectivity index (χ1n) is 6.74. The molecule has 0 radical (unpaired) electrons. The van der Waals surface area contributed by atoms with Gasteiger partial charge in [-0.25, -0.2) is 9.97 Å². The Morgan fingerprint density at radius 1 is 1.35 bits per heavy atom. The zero-order valence-electron chi connectivity index (χ0n) is 12.4. The highest BCUT2D eigenvalue weighted by atomic mass is 16.6. The van der Waals surface area contributed by atoms with Crippen molar-refractivity contribution >= 4 is 28.9 Å². The summed E-state index contributed by atoms with van der Waals surface area (Å²) in [5, 5.41) is 16.4. The smallest absolute Gasteiger partial charge is 0.271 e. The Bertz CT molecular complexity index is 806. The van der Waals surface area contributed by atoms with Crippen molar-refractivity contribution in [3.8, 4) is 5.75 Å². The fraction of sp³-hybridized carbons (Fsp3) is 0.214. The molecular weight excluding hydrogens is 302 g/mol. The van der Waals surface area contributed by atoms with Crippen LogP contribution in [0.3, 0.4) is 0 Å². The monoisotopic (exact) mass is 315 g/mol. The van der Waals surface area contributed by atoms with Crippen molar-refractivity contribution in [3.63, 3.8) is 0 Å². The van der Waals surface area contributed by atoms with Crippen LogP contribution in [0.2, 0.25) is 0 Å². The molecule has 0 atom stereocenters. The molecule has 0 spiro atoms. The lowest BCUT2D eigenvalue weighted by Gasteiger charge is -2.31. The maximum absolute atomic E-state index is 11.9. The number of nitrogens with one attached hydrogen (secondary N) is 2. The maximum Gasteiger partial charge on any atom is 0.271 e. The van der Waals surface area contributed by atoms with E-state index in [1.807, 2.05) is 0 Å². The highest BCUT2D eigenvalue weighted by Crippen LogP contribution is 2.38. The third kappa shape index (κ3) is 2.76. The summed E-state index contributed by atoms with van der Waals surface area (Å²) in [6, 6.07) is 5.98. The highest BCUT2D eigenvalue weighted by molar-refractivity contribution is 6.00. The van der Waals surface area contributed by atoms with Gasteiger partial charge in [0.05, 0.1) is 4.92 Å². The molecule has 0 bridgehead atoms. The van der Waals surface area contributed by atoms with Crippen LogP contribution in [0.25, 0.3) is 0 Å². The number of nitro benzene ring substituents is 1. The van der Waals surface area contributed by atoms with Crippen LogP contribution in [-0.4, -0.2) is 26.4 Å². The Labute approximate surface area is 130 Å². The van der Waals surface area contributed by atoms with Gasteiger partial charge >= 0.3 is 0 Å². The normalized spacial score (nSPS) is 15.1. The highest BCUT2D eigenvalue weighted by Gasteiger charge is 2.37. The molecule has 2 aromatic rings. The molecule has 0 aliphatic carbocycles. The first-order chi connectivity index (χ1) is 10.9. The molecule has 1 aliphatic rings. The number of hydrogen-bond acceptors (Lipinski definition) is 7. The number of non-ortho nitro benzene ring substituents is 1. The number of nitrogens with zero attached hydrogens (tertiary/aromatic N) is 3. The Morgan fingerprint density at radius 2 is 2.13 bits per heavy atom. The van der Waals surface area contributed by atoms with Gasteiger partial charge in [0, 0.05) is 17.8 Å². The number of anilines is 3. The van der Waals surface area contributed by atoms with Gasteiger partial charge < -0.3 is 15.4 Å². The molecule has 2 N–H and O–H groups in total. The number of carbonyl (C=O) groups excluding carboxylic acids is 1. The molecule has 0 saturated heterocycles. The summed E-state index contributed by atoms with van der Waals surface area (Å²) in [5.74, 6) is 0.523. The first-order valence-corrected chi connectivity index (χ1v) is 6.74. The number of amides is 1. The number of carbonyl (C=O) groups is 1. The van der Waals surface area contributed by atoms with E-state index in [2.05, 4.69) is 20.6 Å². The predicted molar refractivity (Wildman–Crippen MR) is 81.7 cm³/mol. The minimum atomic E-state index is -1.07. The molecule has 1 aromatic carbocycles. The van der Waals surface area contributed by atoms with Crippen molar-refractivity contribution in [2.75, 3.05) is 10.6 Å². The number of hydrogen-bond donors (Lipinski definition) is 2. The average molecular weight is 315 g/mol. The third-order valence-corrected chi connectivity index (χ3v) is 3.26. The van der Waals surface area contributed by atoms with E-state index in [-0.39, 0.29) is 23.2 Å². The number of nitro groups is 1. The summed E-state index contributed by atoms with van der Waals surface area (Å²) < 4.78 is 5.68. The molecule has 2 heterocycles. The lowest BCUT2D eigenvalue weighted by molar-refractivity contribution is -0.384. The van der Waals surface area contributed by atoms with Crippen LogP contribution in [0, 0.1) is 10.1 Å². The Hall–Kier alpha value is -3.23. The number of ether oxygens (including phenoxy) is 1. The maximum atomic E-state index is 11.9. The summed E-state index contributed by atoms with van der Waals surface area (Å²) in [7, 11) is 0. The van der Waals surface area contributed by atoms with Crippen LogP contribution in [0.15, 0.2) is 30.6 Å². The van der Waals surface area contributed by atoms with Crippen molar-refractivity contribution < 1.29 is 14.5 Å². The number of aromatic nitrogens is 2. The summed E-state index contributed by atoms with van der Waals surface area (Å²) >= 11 is 0. The lowest BCUT2D eigenvalue weighted by Crippen LogP contribution is -2.46. The quantitative estimate of drug-likeness (QED) is 0.658. The fourth-order valence-electron chi connectivity index (χ4n) is 2.04. The Balaban J connectivity index is 1.96. The van der Waals surface area contributed by atoms with Crippen molar-refractivity contribution in [2.45, 2.75) is 19.4 Å². The molecule has 0 saturated carbocycles. The zero-order valence-corrected chi connectivity index (χ0v) is 12.4. The molecule has 9 nitrogen and oxygen atoms in total. The van der Waals surface area contributed by atoms with Gasteiger partial charge in [-0.2, -0.15) is 0 Å². The van der Waals surface area contributed by atoms with Crippen LogP contribution in [0.1, 0.15) is 13.8 Å². The van der Waals surface area contributed by atoms with Gasteiger partial charge in [0.25, 0.3) is 11.6 Å². The van der Waals surface area contributed by atoms with E-state index in [1.165, 1.54) is 18.5 Å². The minimum Gasteiger partial charge on any atom is -0.470 e. The van der Waals surface area contributed by atoms with Crippen LogP contribution in [-0.2, 0) is 4.79 Å². The van der Waals surface area contributed by atoms with Crippen LogP contribution >= 0.6 is 0 Å². The fourth-order valence-corrected chi connectivity index (χ4v) is 2.04. The Morgan fingerprint density at radius 3 is 2.87 bits per heavy atom. The molecule has 3 rings (SSSR count). The van der Waals surface area contributed by atoms with E-state index in [0.29, 0.717) is 11.5 Å². The molecular formula is C14H13N5O4. The molecule has 1 amide bonds. The largest absolute Gasteiger partial charge is 0.470 e. The number of rotatable bonds is 3. The topological polar surface area (TPSA) is 119 Å². The molecule has 9 heteroatoms. The van der Waals surface area contributed by atoms with Crippen LogP contribution in [0.5, 0.6) is 5.75 Å². The van der Waals surface area contributed by atoms with E-state index in [4.69, 9.17) is 4.74 Å². The second-order valence-corrected chi connectivity index (χ2v) is 5.40. The molecule has 1 aromatic heterocycles. The van der Waals surface area contributed by atoms with E-state index < -0.39 is 10.5 Å². The summed E-state index contributed by atoms with van der Waals surface area (Å²) in [6.07, 6.45) is 1.26. The standard InChI is InChI=1S/C14H13N5O4/c1-14(2)13(20)18-12-10(23-14)11(15-7-16-12)17-8-4-3-5-9(6-8)19(21)22/h3-7H,1-2H3,(H2,15,16,17,18,20). The summed E-state index contributed by atoms with van der Waals surface area (Å²) in [6.45, 7) is 3.24. The van der Waals surface area contributed by atoms with Crippen molar-refractivity contribution in [3.05, 3.63) is 40.7 Å². The van der Waals surface area contributed by atoms with E-state index in [1.54, 1.807) is 26.0 Å². The molecule has 0 fully saturated rings. The van der Waals surface area contributed by atoms with Crippen molar-refractivity contribution in [1.29, 1.82) is 0 Å². The lowest BCUT2D eigenvalue weighted by atomic mass is 10.1. The molecule has 23 heavy (non-hydrogen) atoms. The van der Waals surface area contributed by atoms with Gasteiger partial charge in [-0.15, -0.1) is 0 Å². The van der Waals surface area contributed by atoms with E-state index in [9.17, 15) is 14.9 Å². The van der Waals surface area contributed by atoms with Gasteiger partial charge in [-0.3, -0.25) is 14.9 Å². The van der Waals surface area contributed by atoms with Gasteiger partial charge in [-0.1, -0.05) is 6.07 Å². The molecule has 0 unspecified atom stereocenters. The van der Waals surface area contributed by atoms with Crippen LogP contribution < -0.4 is 15.4 Å². The Kier molecular flexibility index (Phi) is 3.32. The summed E-state index contributed by atoms with van der Waals surface area (Å²) in [5.41, 5.74) is -0.650. The van der Waals surface area contributed by atoms with Gasteiger partial charge in [-0.05, 0) is 19.9 Å². The van der Waals surface area contributed by atoms with E-state index in [0.717, 1.165) is 0 Å². The van der Waals surface area contributed by atoms with E-state index >= 15 is 0 Å². The first kappa shape index (κ1) is 14.7. The van der Waals surface area contributed by atoms with Crippen LogP contribution in [0.4, 0.5) is 23.0 Å². The second-order valence-electron chi connectivity index (χ2n) is 5.40. The van der Waals surface area contributed by atoms with Crippen molar-refractivity contribution in [1.82, 2.24) is 9.97 Å². The van der Waals surface area contributed by atoms with Gasteiger partial charge in [0.15, 0.2) is 17.2 Å². The average Bonchev–Trinajstić information content (AvgIpc) is 2.49. The predicted octanol–water partition coefficient (Wildman–Crippen LogP) is 2.24. The minimum absolute atomic E-state index is 0.0486. The number of benzene rings is 1. The second kappa shape index (κ2) is 5.20.